The van der Waals surface area contributed by atoms with Gasteiger partial charge < -0.3 is 24.3 Å². The molecule has 0 radical (unpaired) electrons. The molecule has 7 heteroatoms. The van der Waals surface area contributed by atoms with Crippen LogP contribution >= 0.6 is 15.9 Å². The van der Waals surface area contributed by atoms with Gasteiger partial charge in [0.1, 0.15) is 6.29 Å². The van der Waals surface area contributed by atoms with Crippen molar-refractivity contribution in [3.05, 3.63) is 52.6 Å². The van der Waals surface area contributed by atoms with E-state index in [-0.39, 0.29) is 18.4 Å². The molecule has 0 saturated carbocycles. The van der Waals surface area contributed by atoms with E-state index in [0.717, 1.165) is 65.1 Å². The van der Waals surface area contributed by atoms with Crippen molar-refractivity contribution in [3.63, 3.8) is 0 Å². The zero-order valence-electron chi connectivity index (χ0n) is 16.9. The predicted octanol–water partition coefficient (Wildman–Crippen LogP) is 5.29. The second-order valence-corrected chi connectivity index (χ2v) is 9.61. The summed E-state index contributed by atoms with van der Waals surface area (Å²) in [6.45, 7) is 1.43. The van der Waals surface area contributed by atoms with Gasteiger partial charge in [-0.3, -0.25) is 4.79 Å². The Bertz CT molecular complexity index is 1770. The second kappa shape index (κ2) is 6.15. The summed E-state index contributed by atoms with van der Waals surface area (Å²) in [5.41, 5.74) is 4.84. The lowest BCUT2D eigenvalue weighted by Gasteiger charge is -2.15. The first-order valence-electron chi connectivity index (χ1n) is 10.6. The van der Waals surface area contributed by atoms with Gasteiger partial charge in [0.2, 0.25) is 0 Å². The topological polar surface area (TPSA) is 83.2 Å². The first-order chi connectivity index (χ1) is 15.6. The molecule has 0 fully saturated rings. The van der Waals surface area contributed by atoms with Crippen molar-refractivity contribution >= 4 is 76.6 Å². The average Bonchev–Trinajstić information content (AvgIpc) is 3.39. The molecular weight excluding hydrogens is 470 g/mol. The van der Waals surface area contributed by atoms with Gasteiger partial charge in [-0.25, -0.2) is 0 Å². The van der Waals surface area contributed by atoms with Crippen molar-refractivity contribution in [1.82, 2.24) is 14.1 Å². The van der Waals surface area contributed by atoms with E-state index < -0.39 is 0 Å². The highest BCUT2D eigenvalue weighted by Gasteiger charge is 2.29. The summed E-state index contributed by atoms with van der Waals surface area (Å²) >= 11 is 3.61. The number of aromatic hydroxyl groups is 1. The summed E-state index contributed by atoms with van der Waals surface area (Å²) in [6.07, 6.45) is 2.72. The highest BCUT2D eigenvalue weighted by molar-refractivity contribution is 9.10. The van der Waals surface area contributed by atoms with Crippen LogP contribution in [-0.2, 0) is 13.1 Å². The Hall–Kier alpha value is -3.29. The van der Waals surface area contributed by atoms with E-state index in [2.05, 4.69) is 42.2 Å². The molecule has 4 heterocycles. The van der Waals surface area contributed by atoms with Crippen molar-refractivity contribution in [2.24, 2.45) is 5.92 Å². The van der Waals surface area contributed by atoms with Gasteiger partial charge in [-0.15, -0.1) is 0 Å². The molecule has 32 heavy (non-hydrogen) atoms. The van der Waals surface area contributed by atoms with Gasteiger partial charge in [-0.05, 0) is 36.4 Å². The predicted molar refractivity (Wildman–Crippen MR) is 130 cm³/mol. The minimum Gasteiger partial charge on any atom is -0.494 e. The third-order valence-corrected chi connectivity index (χ3v) is 7.49. The van der Waals surface area contributed by atoms with Gasteiger partial charge >= 0.3 is 0 Å². The maximum absolute atomic E-state index is 11.6. The van der Waals surface area contributed by atoms with Crippen molar-refractivity contribution < 1.29 is 15.0 Å². The SMILES string of the molecule is O=Cc1ccc2c(c1)c1c3c[nH]c(O)c3c3c4cc(Br)ccc4n4c3c1n2CC(CO)C4. The highest BCUT2D eigenvalue weighted by atomic mass is 79.9. The molecular formula is C25H18BrN3O3. The van der Waals surface area contributed by atoms with E-state index in [1.807, 2.05) is 30.5 Å². The third kappa shape index (κ3) is 2.10. The van der Waals surface area contributed by atoms with Crippen LogP contribution in [0.3, 0.4) is 0 Å². The molecule has 1 atom stereocenters. The molecule has 3 aromatic heterocycles. The number of nitrogens with zero attached hydrogens (tertiary/aromatic N) is 2. The quantitative estimate of drug-likeness (QED) is 0.290. The van der Waals surface area contributed by atoms with E-state index in [1.165, 1.54) is 0 Å². The first-order valence-corrected chi connectivity index (χ1v) is 11.4. The number of carbonyl (C=O) groups is 1. The Kier molecular flexibility index (Phi) is 3.51. The van der Waals surface area contributed by atoms with Crippen LogP contribution in [0.2, 0.25) is 0 Å². The monoisotopic (exact) mass is 487 g/mol. The van der Waals surface area contributed by atoms with Crippen LogP contribution in [-0.4, -0.2) is 37.2 Å². The van der Waals surface area contributed by atoms with Crippen molar-refractivity contribution in [1.29, 1.82) is 0 Å². The molecule has 7 rings (SSSR count). The fourth-order valence-corrected chi connectivity index (χ4v) is 6.08. The van der Waals surface area contributed by atoms with Gasteiger partial charge in [0.15, 0.2) is 5.88 Å². The number of halogens is 1. The lowest BCUT2D eigenvalue weighted by Crippen LogP contribution is -2.18. The minimum absolute atomic E-state index is 0.0314. The van der Waals surface area contributed by atoms with E-state index in [4.69, 9.17) is 0 Å². The second-order valence-electron chi connectivity index (χ2n) is 8.70. The maximum atomic E-state index is 11.6. The molecule has 0 amide bonds. The standard InChI is InChI=1S/C25H18BrN3O3/c26-14-2-4-19-16(6-14)21-22-17(7-27-25(22)32)20-15-5-12(10-30)1-3-18(15)28-8-13(11-31)9-29(19)24(21)23(20)28/h1-7,10,13,27,31-32H,8-9,11H2. The fourth-order valence-electron chi connectivity index (χ4n) is 5.72. The Labute approximate surface area is 189 Å². The molecule has 3 aromatic carbocycles. The number of aromatic nitrogens is 3. The van der Waals surface area contributed by atoms with Gasteiger partial charge in [0.05, 0.1) is 16.4 Å². The number of hydrogen-bond acceptors (Lipinski definition) is 3. The lowest BCUT2D eigenvalue weighted by atomic mass is 10.0. The minimum atomic E-state index is 0.0314. The molecule has 0 bridgehead atoms. The zero-order valence-corrected chi connectivity index (χ0v) is 18.5. The fraction of sp³-hybridized carbons (Fsp3) is 0.160. The van der Waals surface area contributed by atoms with Crippen LogP contribution in [0.25, 0.3) is 54.4 Å². The Balaban J connectivity index is 1.88. The highest BCUT2D eigenvalue weighted by Crippen LogP contribution is 2.48. The summed E-state index contributed by atoms with van der Waals surface area (Å²) in [7, 11) is 0. The van der Waals surface area contributed by atoms with Crippen LogP contribution in [0, 0.1) is 5.92 Å². The largest absolute Gasteiger partial charge is 0.494 e. The summed E-state index contributed by atoms with van der Waals surface area (Å²) in [6, 6.07) is 12.0. The number of rotatable bonds is 2. The van der Waals surface area contributed by atoms with Gasteiger partial charge in [-0.1, -0.05) is 15.9 Å². The number of nitrogens with one attached hydrogen (secondary N) is 1. The van der Waals surface area contributed by atoms with E-state index in [9.17, 15) is 15.0 Å². The number of aromatic amines is 1. The van der Waals surface area contributed by atoms with Crippen molar-refractivity contribution in [2.45, 2.75) is 13.1 Å². The molecule has 1 unspecified atom stereocenters. The molecule has 158 valence electrons. The Morgan fingerprint density at radius 1 is 0.969 bits per heavy atom. The molecule has 0 spiro atoms. The number of fused-ring (bicyclic) bond motifs is 9. The van der Waals surface area contributed by atoms with Crippen molar-refractivity contribution in [2.75, 3.05) is 6.61 Å². The van der Waals surface area contributed by atoms with Gasteiger partial charge in [0, 0.05) is 79.8 Å². The molecule has 1 aliphatic rings. The molecule has 6 aromatic rings. The van der Waals surface area contributed by atoms with Gasteiger partial charge in [-0.2, -0.15) is 0 Å². The first kappa shape index (κ1) is 18.3. The van der Waals surface area contributed by atoms with Crippen LogP contribution in [0.4, 0.5) is 0 Å². The zero-order chi connectivity index (χ0) is 21.7. The molecule has 1 aliphatic heterocycles. The normalized spacial score (nSPS) is 16.2. The van der Waals surface area contributed by atoms with Crippen LogP contribution in [0.5, 0.6) is 5.88 Å². The Morgan fingerprint density at radius 2 is 1.66 bits per heavy atom. The summed E-state index contributed by atoms with van der Waals surface area (Å²) in [4.78, 5) is 14.6. The number of hydrogen-bond donors (Lipinski definition) is 3. The number of H-pyrrole nitrogens is 1. The van der Waals surface area contributed by atoms with Crippen LogP contribution < -0.4 is 0 Å². The van der Waals surface area contributed by atoms with Gasteiger partial charge in [0.25, 0.3) is 0 Å². The van der Waals surface area contributed by atoms with Crippen LogP contribution in [0.1, 0.15) is 10.4 Å². The summed E-state index contributed by atoms with van der Waals surface area (Å²) < 4.78 is 5.54. The smallest absolute Gasteiger partial charge is 0.197 e. The molecule has 0 saturated heterocycles. The lowest BCUT2D eigenvalue weighted by molar-refractivity contribution is 0.112. The number of aliphatic hydroxyl groups is 1. The number of carbonyl (C=O) groups excluding carboxylic acids is 1. The van der Waals surface area contributed by atoms with Crippen LogP contribution in [0.15, 0.2) is 47.1 Å². The maximum Gasteiger partial charge on any atom is 0.197 e. The van der Waals surface area contributed by atoms with E-state index in [1.54, 1.807) is 0 Å². The molecule has 3 N–H and O–H groups in total. The summed E-state index contributed by atoms with van der Waals surface area (Å²) in [5, 5.41) is 26.9. The number of aliphatic hydroxyl groups excluding tert-OH is 1. The summed E-state index contributed by atoms with van der Waals surface area (Å²) in [5.74, 6) is 0.167. The average molecular weight is 488 g/mol. The third-order valence-electron chi connectivity index (χ3n) is 6.99. The Morgan fingerprint density at radius 3 is 2.38 bits per heavy atom. The number of benzene rings is 3. The van der Waals surface area contributed by atoms with E-state index >= 15 is 0 Å². The van der Waals surface area contributed by atoms with E-state index in [0.29, 0.717) is 18.7 Å². The molecule has 6 nitrogen and oxygen atoms in total. The number of aldehydes is 1. The van der Waals surface area contributed by atoms with Crippen molar-refractivity contribution in [3.8, 4) is 5.88 Å². The molecule has 0 aliphatic carbocycles.